The van der Waals surface area contributed by atoms with Gasteiger partial charge in [0.1, 0.15) is 23.2 Å². The Kier molecular flexibility index (Phi) is 7.27. The highest BCUT2D eigenvalue weighted by Gasteiger charge is 2.25. The van der Waals surface area contributed by atoms with Crippen molar-refractivity contribution in [2.24, 2.45) is 9.98 Å². The number of amidine groups is 2. The fourth-order valence-corrected chi connectivity index (χ4v) is 11.2. The summed E-state index contributed by atoms with van der Waals surface area (Å²) in [5.74, 6) is 1.50. The van der Waals surface area contributed by atoms with Crippen molar-refractivity contribution in [1.29, 1.82) is 0 Å². The first-order chi connectivity index (χ1) is 31.2. The maximum Gasteiger partial charge on any atom is 0.159 e. The third-order valence-corrected chi connectivity index (χ3v) is 14.2. The zero-order valence-electron chi connectivity index (χ0n) is 33.7. The highest BCUT2D eigenvalue weighted by atomic mass is 32.1. The number of furan rings is 1. The molecule has 14 rings (SSSR count). The van der Waals surface area contributed by atoms with E-state index in [0.29, 0.717) is 5.84 Å². The molecule has 1 aliphatic rings. The summed E-state index contributed by atoms with van der Waals surface area (Å²) in [6.45, 7) is 0. The van der Waals surface area contributed by atoms with Crippen molar-refractivity contribution in [1.82, 2.24) is 9.88 Å². The van der Waals surface area contributed by atoms with E-state index in [2.05, 4.69) is 186 Å². The molecule has 0 aliphatic carbocycles. The molecule has 0 spiro atoms. The summed E-state index contributed by atoms with van der Waals surface area (Å²) < 4.78 is 11.7. The third kappa shape index (κ3) is 5.28. The highest BCUT2D eigenvalue weighted by Crippen LogP contribution is 2.41. The summed E-state index contributed by atoms with van der Waals surface area (Å²) in [5.41, 5.74) is 8.21. The summed E-state index contributed by atoms with van der Waals surface area (Å²) in [5, 5.41) is 18.2. The Morgan fingerprint density at radius 3 is 1.95 bits per heavy atom. The van der Waals surface area contributed by atoms with Gasteiger partial charge < -0.3 is 14.3 Å². The Labute approximate surface area is 364 Å². The fraction of sp³-hybridized carbons (Fsp3) is 0.0175. The maximum atomic E-state index is 6.76. The number of benzene rings is 10. The zero-order chi connectivity index (χ0) is 41.2. The van der Waals surface area contributed by atoms with Crippen molar-refractivity contribution in [3.8, 4) is 5.69 Å². The van der Waals surface area contributed by atoms with Gasteiger partial charge in [-0.1, -0.05) is 133 Å². The van der Waals surface area contributed by atoms with Crippen LogP contribution >= 0.6 is 11.3 Å². The van der Waals surface area contributed by atoms with Crippen molar-refractivity contribution in [3.63, 3.8) is 0 Å². The summed E-state index contributed by atoms with van der Waals surface area (Å²) in [6, 6.07) is 69.8. The predicted molar refractivity (Wildman–Crippen MR) is 265 cm³/mol. The second-order valence-electron chi connectivity index (χ2n) is 16.6. The van der Waals surface area contributed by atoms with Crippen LogP contribution in [0.15, 0.2) is 209 Å². The Hall–Kier alpha value is -8.06. The lowest BCUT2D eigenvalue weighted by molar-refractivity contribution is 0.655. The van der Waals surface area contributed by atoms with Crippen LogP contribution in [-0.2, 0) is 0 Å². The molecule has 3 aromatic heterocycles. The molecule has 294 valence electrons. The normalized spacial score (nSPS) is 14.5. The predicted octanol–water partition coefficient (Wildman–Crippen LogP) is 15.0. The Balaban J connectivity index is 0.926. The molecule has 1 atom stereocenters. The summed E-state index contributed by atoms with van der Waals surface area (Å²) in [4.78, 5) is 10.4. The molecule has 0 amide bonds. The summed E-state index contributed by atoms with van der Waals surface area (Å²) in [7, 11) is 0. The van der Waals surface area contributed by atoms with Crippen LogP contribution in [0.5, 0.6) is 0 Å². The number of fused-ring (bicyclic) bond motifs is 13. The lowest BCUT2D eigenvalue weighted by atomic mass is 10.0. The average molecular weight is 823 g/mol. The Bertz CT molecular complexity index is 4040. The minimum Gasteiger partial charge on any atom is -0.456 e. The number of nitrogens with zero attached hydrogens (tertiary/aromatic N) is 3. The monoisotopic (exact) mass is 822 g/mol. The minimum absolute atomic E-state index is 0.388. The summed E-state index contributed by atoms with van der Waals surface area (Å²) >= 11 is 1.81. The second kappa shape index (κ2) is 13.2. The van der Waals surface area contributed by atoms with Crippen LogP contribution in [0, 0.1) is 0 Å². The van der Waals surface area contributed by atoms with Crippen molar-refractivity contribution in [2.45, 2.75) is 6.17 Å². The van der Waals surface area contributed by atoms with Crippen molar-refractivity contribution >= 4 is 119 Å². The van der Waals surface area contributed by atoms with Gasteiger partial charge in [0.2, 0.25) is 0 Å². The topological polar surface area (TPSA) is 54.8 Å². The Morgan fingerprint density at radius 1 is 0.492 bits per heavy atom. The molecular formula is C57H34N4OS. The molecule has 1 unspecified atom stereocenters. The lowest BCUT2D eigenvalue weighted by Gasteiger charge is -2.24. The average Bonchev–Trinajstić information content (AvgIpc) is 4.01. The molecule has 63 heavy (non-hydrogen) atoms. The molecule has 10 aromatic carbocycles. The van der Waals surface area contributed by atoms with Gasteiger partial charge in [0.25, 0.3) is 0 Å². The molecule has 0 radical (unpaired) electrons. The van der Waals surface area contributed by atoms with Crippen LogP contribution in [-0.4, -0.2) is 16.2 Å². The molecule has 0 fully saturated rings. The highest BCUT2D eigenvalue weighted by molar-refractivity contribution is 7.26. The van der Waals surface area contributed by atoms with Gasteiger partial charge in [-0.2, -0.15) is 0 Å². The van der Waals surface area contributed by atoms with Crippen LogP contribution in [0.3, 0.4) is 0 Å². The standard InChI is InChI=1S/C57H34N4OS/c1-2-11-34(12-3-1)55-58-56(60-57(59-55)44-19-10-18-42-41-17-8-9-20-52(41)63-54(42)44)39-22-25-43-51(31-39)62-50-26-23-33-21-24-40(32-45(33)53(43)50)61-48-29-37-15-6-4-13-35(37)27-46(48)47-28-36-14-5-7-16-38(36)30-49(47)61/h1-32,56H,(H,58,59,60). The molecule has 0 saturated carbocycles. The largest absolute Gasteiger partial charge is 0.456 e. The number of nitrogens with one attached hydrogen (secondary N) is 1. The minimum atomic E-state index is -0.388. The molecule has 0 bridgehead atoms. The number of hydrogen-bond donors (Lipinski definition) is 1. The van der Waals surface area contributed by atoms with E-state index < -0.39 is 0 Å². The molecule has 0 saturated heterocycles. The molecular weight excluding hydrogens is 789 g/mol. The number of rotatable bonds is 4. The lowest BCUT2D eigenvalue weighted by Crippen LogP contribution is -2.33. The van der Waals surface area contributed by atoms with Gasteiger partial charge >= 0.3 is 0 Å². The first-order valence-electron chi connectivity index (χ1n) is 21.3. The van der Waals surface area contributed by atoms with Gasteiger partial charge in [-0.05, 0) is 93.0 Å². The van der Waals surface area contributed by atoms with Crippen molar-refractivity contribution < 1.29 is 4.42 Å². The van der Waals surface area contributed by atoms with Crippen molar-refractivity contribution in [2.75, 3.05) is 0 Å². The molecule has 5 nitrogen and oxygen atoms in total. The molecule has 13 aromatic rings. The van der Waals surface area contributed by atoms with Gasteiger partial charge in [-0.25, -0.2) is 9.98 Å². The number of aromatic nitrogens is 1. The Morgan fingerprint density at radius 2 is 1.17 bits per heavy atom. The molecule has 6 heteroatoms. The number of hydrogen-bond acceptors (Lipinski definition) is 5. The van der Waals surface area contributed by atoms with E-state index in [1.54, 1.807) is 11.3 Å². The van der Waals surface area contributed by atoms with Gasteiger partial charge in [0.15, 0.2) is 5.84 Å². The van der Waals surface area contributed by atoms with Crippen LogP contribution in [0.25, 0.3) is 102 Å². The van der Waals surface area contributed by atoms with Crippen LogP contribution in [0.2, 0.25) is 0 Å². The number of thiophene rings is 1. The van der Waals surface area contributed by atoms with E-state index in [4.69, 9.17) is 14.4 Å². The number of aliphatic imine (C=N–C) groups is 2. The molecule has 1 aliphatic heterocycles. The third-order valence-electron chi connectivity index (χ3n) is 13.0. The first-order valence-corrected chi connectivity index (χ1v) is 22.1. The molecule has 1 N–H and O–H groups in total. The van der Waals surface area contributed by atoms with Gasteiger partial charge in [-0.15, -0.1) is 11.3 Å². The van der Waals surface area contributed by atoms with Crippen LogP contribution < -0.4 is 5.32 Å². The van der Waals surface area contributed by atoms with Gasteiger partial charge in [0.05, 0.1) is 11.0 Å². The smallest absolute Gasteiger partial charge is 0.159 e. The maximum absolute atomic E-state index is 6.76. The molecule has 4 heterocycles. The van der Waals surface area contributed by atoms with Crippen LogP contribution in [0.1, 0.15) is 22.9 Å². The fourth-order valence-electron chi connectivity index (χ4n) is 9.98. The summed E-state index contributed by atoms with van der Waals surface area (Å²) in [6.07, 6.45) is -0.388. The van der Waals surface area contributed by atoms with E-state index in [9.17, 15) is 0 Å². The second-order valence-corrected chi connectivity index (χ2v) is 17.6. The zero-order valence-corrected chi connectivity index (χ0v) is 34.5. The first kappa shape index (κ1) is 34.6. The van der Waals surface area contributed by atoms with E-state index in [0.717, 1.165) is 60.9 Å². The van der Waals surface area contributed by atoms with E-state index in [1.807, 2.05) is 18.2 Å². The van der Waals surface area contributed by atoms with Gasteiger partial charge in [-0.3, -0.25) is 0 Å². The SMILES string of the molecule is c1ccc(C2=NC(c3ccc4c(c3)oc3ccc5ccc(-n6c7cc8ccccc8cc7c7cc8ccccc8cc76)cc5c34)NC(c3cccc4c3sc3ccccc34)=N2)cc1. The van der Waals surface area contributed by atoms with Gasteiger partial charge in [0, 0.05) is 64.1 Å². The van der Waals surface area contributed by atoms with Crippen molar-refractivity contribution in [3.05, 3.63) is 211 Å². The van der Waals surface area contributed by atoms with Crippen LogP contribution in [0.4, 0.5) is 0 Å². The van der Waals surface area contributed by atoms with E-state index in [-0.39, 0.29) is 6.17 Å². The quantitative estimate of drug-likeness (QED) is 0.192. The van der Waals surface area contributed by atoms with E-state index >= 15 is 0 Å². The van der Waals surface area contributed by atoms with E-state index in [1.165, 1.54) is 63.5 Å².